The monoisotopic (exact) mass is 196 g/mol. The number of fused-ring (bicyclic) bond motifs is 2. The van der Waals surface area contributed by atoms with Gasteiger partial charge in [-0.05, 0) is 24.2 Å². The number of carbonyl (C=O) groups is 2. The lowest BCUT2D eigenvalue weighted by Gasteiger charge is -2.32. The molecule has 3 heteroatoms. The van der Waals surface area contributed by atoms with Gasteiger partial charge in [-0.1, -0.05) is 20.8 Å². The molecule has 3 unspecified atom stereocenters. The highest BCUT2D eigenvalue weighted by Gasteiger charge is 2.68. The minimum atomic E-state index is -0.934. The van der Waals surface area contributed by atoms with E-state index in [-0.39, 0.29) is 17.1 Å². The molecule has 2 rings (SSSR count). The summed E-state index contributed by atoms with van der Waals surface area (Å²) in [6.45, 7) is 6.00. The van der Waals surface area contributed by atoms with Gasteiger partial charge < -0.3 is 5.11 Å². The minimum Gasteiger partial charge on any atom is -0.481 e. The molecule has 78 valence electrons. The zero-order valence-corrected chi connectivity index (χ0v) is 8.83. The normalized spacial score (nSPS) is 44.4. The molecular weight excluding hydrogens is 180 g/mol. The fraction of sp³-hybridized carbons (Fsp3) is 0.818. The molecule has 14 heavy (non-hydrogen) atoms. The summed E-state index contributed by atoms with van der Waals surface area (Å²) in [7, 11) is 0. The molecule has 0 aliphatic heterocycles. The molecule has 0 aromatic carbocycles. The average molecular weight is 196 g/mol. The third-order valence-electron chi connectivity index (χ3n) is 4.80. The lowest BCUT2D eigenvalue weighted by atomic mass is 9.70. The van der Waals surface area contributed by atoms with Gasteiger partial charge in [0.25, 0.3) is 0 Å². The van der Waals surface area contributed by atoms with Crippen LogP contribution in [0.4, 0.5) is 0 Å². The van der Waals surface area contributed by atoms with Gasteiger partial charge in [0.15, 0.2) is 5.78 Å². The van der Waals surface area contributed by atoms with Crippen LogP contribution in [0.1, 0.15) is 33.6 Å². The number of Topliss-reactive ketones (excluding diaryl/α,β-unsaturated/α-hetero) is 1. The van der Waals surface area contributed by atoms with E-state index in [1.54, 1.807) is 0 Å². The number of carboxylic acids is 1. The third kappa shape index (κ3) is 0.787. The number of carbonyl (C=O) groups excluding carboxylic acids is 1. The summed E-state index contributed by atoms with van der Waals surface area (Å²) >= 11 is 0. The fourth-order valence-electron chi connectivity index (χ4n) is 3.37. The fourth-order valence-corrected chi connectivity index (χ4v) is 3.37. The van der Waals surface area contributed by atoms with E-state index in [9.17, 15) is 9.59 Å². The van der Waals surface area contributed by atoms with Gasteiger partial charge >= 0.3 is 5.97 Å². The number of carboxylic acid groups (broad SMARTS) is 1. The average Bonchev–Trinajstić information content (AvgIpc) is 2.35. The molecule has 0 aromatic heterocycles. The van der Waals surface area contributed by atoms with Crippen molar-refractivity contribution in [2.24, 2.45) is 22.7 Å². The zero-order valence-electron chi connectivity index (χ0n) is 8.83. The first-order valence-electron chi connectivity index (χ1n) is 5.09. The van der Waals surface area contributed by atoms with Crippen LogP contribution < -0.4 is 0 Å². The highest BCUT2D eigenvalue weighted by Crippen LogP contribution is 2.65. The molecule has 0 spiro atoms. The molecule has 0 radical (unpaired) electrons. The molecule has 2 fully saturated rings. The van der Waals surface area contributed by atoms with Crippen LogP contribution in [-0.4, -0.2) is 16.9 Å². The highest BCUT2D eigenvalue weighted by atomic mass is 16.4. The van der Waals surface area contributed by atoms with Gasteiger partial charge in [-0.2, -0.15) is 0 Å². The van der Waals surface area contributed by atoms with E-state index in [2.05, 4.69) is 0 Å². The molecular formula is C11H16O3. The Hall–Kier alpha value is -0.860. The van der Waals surface area contributed by atoms with Crippen LogP contribution in [0.3, 0.4) is 0 Å². The van der Waals surface area contributed by atoms with E-state index in [1.807, 2.05) is 20.8 Å². The summed E-state index contributed by atoms with van der Waals surface area (Å²) in [4.78, 5) is 23.0. The Labute approximate surface area is 83.5 Å². The van der Waals surface area contributed by atoms with Crippen molar-refractivity contribution in [2.45, 2.75) is 33.6 Å². The Morgan fingerprint density at radius 3 is 2.29 bits per heavy atom. The largest absolute Gasteiger partial charge is 0.481 e. The Kier molecular flexibility index (Phi) is 1.65. The summed E-state index contributed by atoms with van der Waals surface area (Å²) in [5.74, 6) is -1.69. The van der Waals surface area contributed by atoms with Crippen LogP contribution in [-0.2, 0) is 9.59 Å². The van der Waals surface area contributed by atoms with E-state index in [1.165, 1.54) is 0 Å². The van der Waals surface area contributed by atoms with Crippen LogP contribution in [0, 0.1) is 22.7 Å². The minimum absolute atomic E-state index is 0.0394. The summed E-state index contributed by atoms with van der Waals surface area (Å²) in [5.41, 5.74) is -0.548. The van der Waals surface area contributed by atoms with Crippen molar-refractivity contribution in [2.75, 3.05) is 0 Å². The second-order valence-electron chi connectivity index (χ2n) is 5.38. The quantitative estimate of drug-likeness (QED) is 0.649. The van der Waals surface area contributed by atoms with Gasteiger partial charge in [-0.3, -0.25) is 9.59 Å². The van der Waals surface area contributed by atoms with Crippen molar-refractivity contribution in [3.8, 4) is 0 Å². The van der Waals surface area contributed by atoms with Crippen molar-refractivity contribution in [1.29, 1.82) is 0 Å². The van der Waals surface area contributed by atoms with Gasteiger partial charge in [0.05, 0.1) is 0 Å². The molecule has 0 saturated heterocycles. The molecule has 0 amide bonds. The SMILES string of the molecule is CC12CCC(C(C(=O)O)C1=O)C2(C)C. The van der Waals surface area contributed by atoms with E-state index >= 15 is 0 Å². The molecule has 2 bridgehead atoms. The summed E-state index contributed by atoms with van der Waals surface area (Å²) in [5, 5.41) is 9.03. The lowest BCUT2D eigenvalue weighted by Crippen LogP contribution is -2.35. The van der Waals surface area contributed by atoms with Gasteiger partial charge in [-0.15, -0.1) is 0 Å². The Bertz CT molecular complexity index is 318. The first-order valence-corrected chi connectivity index (χ1v) is 5.09. The summed E-state index contributed by atoms with van der Waals surface area (Å²) < 4.78 is 0. The zero-order chi connectivity index (χ0) is 10.7. The van der Waals surface area contributed by atoms with Crippen molar-refractivity contribution < 1.29 is 14.7 Å². The maximum atomic E-state index is 12.0. The van der Waals surface area contributed by atoms with E-state index < -0.39 is 17.3 Å². The second kappa shape index (κ2) is 2.38. The predicted octanol–water partition coefficient (Wildman–Crippen LogP) is 1.71. The number of ketones is 1. The van der Waals surface area contributed by atoms with Gasteiger partial charge in [0, 0.05) is 5.41 Å². The molecule has 2 saturated carbocycles. The number of aliphatic carboxylic acids is 1. The van der Waals surface area contributed by atoms with Gasteiger partial charge in [-0.25, -0.2) is 0 Å². The molecule has 1 N–H and O–H groups in total. The van der Waals surface area contributed by atoms with Gasteiger partial charge in [0.2, 0.25) is 0 Å². The van der Waals surface area contributed by atoms with Crippen molar-refractivity contribution in [1.82, 2.24) is 0 Å². The number of hydrogen-bond acceptors (Lipinski definition) is 2. The molecule has 0 heterocycles. The smallest absolute Gasteiger partial charge is 0.314 e. The number of hydrogen-bond donors (Lipinski definition) is 1. The third-order valence-corrected chi connectivity index (χ3v) is 4.80. The summed E-state index contributed by atoms with van der Waals surface area (Å²) in [6, 6.07) is 0. The van der Waals surface area contributed by atoms with Crippen LogP contribution >= 0.6 is 0 Å². The van der Waals surface area contributed by atoms with E-state index in [0.29, 0.717) is 0 Å². The highest BCUT2D eigenvalue weighted by molar-refractivity contribution is 6.04. The van der Waals surface area contributed by atoms with E-state index in [0.717, 1.165) is 12.8 Å². The summed E-state index contributed by atoms with van der Waals surface area (Å²) in [6.07, 6.45) is 1.74. The molecule has 0 aromatic rings. The Morgan fingerprint density at radius 2 is 2.00 bits per heavy atom. The van der Waals surface area contributed by atoms with Crippen LogP contribution in [0.5, 0.6) is 0 Å². The maximum Gasteiger partial charge on any atom is 0.314 e. The van der Waals surface area contributed by atoms with Crippen molar-refractivity contribution in [3.63, 3.8) is 0 Å². The molecule has 2 aliphatic rings. The topological polar surface area (TPSA) is 54.4 Å². The first kappa shape index (κ1) is 9.69. The first-order chi connectivity index (χ1) is 6.32. The second-order valence-corrected chi connectivity index (χ2v) is 5.38. The Morgan fingerprint density at radius 1 is 1.43 bits per heavy atom. The Balaban J connectivity index is 2.49. The van der Waals surface area contributed by atoms with Gasteiger partial charge in [0.1, 0.15) is 5.92 Å². The van der Waals surface area contributed by atoms with Crippen LogP contribution in [0.25, 0.3) is 0 Å². The predicted molar refractivity (Wildman–Crippen MR) is 50.7 cm³/mol. The van der Waals surface area contributed by atoms with Crippen LogP contribution in [0.15, 0.2) is 0 Å². The molecule has 2 aliphatic carbocycles. The molecule has 3 atom stereocenters. The van der Waals surface area contributed by atoms with Crippen molar-refractivity contribution >= 4 is 11.8 Å². The standard InChI is InChI=1S/C11H16O3/c1-10(2)6-4-5-11(10,3)8(12)7(6)9(13)14/h6-7H,4-5H2,1-3H3,(H,13,14). The molecule has 3 nitrogen and oxygen atoms in total. The van der Waals surface area contributed by atoms with E-state index in [4.69, 9.17) is 5.11 Å². The van der Waals surface area contributed by atoms with Crippen LogP contribution in [0.2, 0.25) is 0 Å². The maximum absolute atomic E-state index is 12.0. The number of rotatable bonds is 1. The van der Waals surface area contributed by atoms with Crippen molar-refractivity contribution in [3.05, 3.63) is 0 Å². The lowest BCUT2D eigenvalue weighted by molar-refractivity contribution is -0.149.